The minimum atomic E-state index is -0.167. The largest absolute Gasteiger partial charge is 0.381 e. The van der Waals surface area contributed by atoms with E-state index in [1.165, 1.54) is 0 Å². The van der Waals surface area contributed by atoms with Gasteiger partial charge in [-0.05, 0) is 12.3 Å². The zero-order valence-electron chi connectivity index (χ0n) is 10.7. The van der Waals surface area contributed by atoms with Gasteiger partial charge in [-0.1, -0.05) is 20.8 Å². The maximum atomic E-state index is 11.7. The Morgan fingerprint density at radius 2 is 2.06 bits per heavy atom. The highest BCUT2D eigenvalue weighted by atomic mass is 16.5. The van der Waals surface area contributed by atoms with Crippen LogP contribution in [0.5, 0.6) is 0 Å². The summed E-state index contributed by atoms with van der Waals surface area (Å²) in [5.74, 6) is 0.589. The van der Waals surface area contributed by atoms with Gasteiger partial charge < -0.3 is 15.4 Å². The van der Waals surface area contributed by atoms with Gasteiger partial charge in [0.1, 0.15) is 0 Å². The van der Waals surface area contributed by atoms with Gasteiger partial charge >= 0.3 is 0 Å². The fourth-order valence-electron chi connectivity index (χ4n) is 1.77. The van der Waals surface area contributed by atoms with E-state index in [0.29, 0.717) is 32.0 Å². The van der Waals surface area contributed by atoms with Crippen LogP contribution in [0.15, 0.2) is 0 Å². The van der Waals surface area contributed by atoms with E-state index in [1.807, 2.05) is 4.90 Å². The SMILES string of the molecule is CCCOCCC(=O)N1CC(N)(C(C)C)C1. The lowest BCUT2D eigenvalue weighted by atomic mass is 9.80. The Balaban J connectivity index is 2.17. The van der Waals surface area contributed by atoms with Crippen molar-refractivity contribution >= 4 is 5.91 Å². The molecule has 1 aliphatic rings. The third-order valence-corrected chi connectivity index (χ3v) is 3.28. The summed E-state index contributed by atoms with van der Waals surface area (Å²) in [7, 11) is 0. The summed E-state index contributed by atoms with van der Waals surface area (Å²) < 4.78 is 5.29. The first-order valence-electron chi connectivity index (χ1n) is 6.14. The zero-order chi connectivity index (χ0) is 12.2. The summed E-state index contributed by atoms with van der Waals surface area (Å²) in [5, 5.41) is 0. The molecule has 1 heterocycles. The van der Waals surface area contributed by atoms with Crippen LogP contribution < -0.4 is 5.73 Å². The normalized spacial score (nSPS) is 18.7. The first kappa shape index (κ1) is 13.5. The number of ether oxygens (including phenoxy) is 1. The van der Waals surface area contributed by atoms with Crippen LogP contribution in [0, 0.1) is 5.92 Å². The highest BCUT2D eigenvalue weighted by molar-refractivity contribution is 5.77. The molecule has 1 amide bonds. The molecule has 4 heteroatoms. The smallest absolute Gasteiger partial charge is 0.225 e. The van der Waals surface area contributed by atoms with E-state index in [0.717, 1.165) is 13.0 Å². The Bertz CT molecular complexity index is 235. The molecule has 0 aromatic heterocycles. The Hall–Kier alpha value is -0.610. The van der Waals surface area contributed by atoms with Gasteiger partial charge in [0.05, 0.1) is 18.6 Å². The molecule has 2 N–H and O–H groups in total. The maximum absolute atomic E-state index is 11.7. The average Bonchev–Trinajstić information content (AvgIpc) is 2.19. The van der Waals surface area contributed by atoms with Gasteiger partial charge in [0, 0.05) is 19.7 Å². The van der Waals surface area contributed by atoms with Crippen LogP contribution >= 0.6 is 0 Å². The number of hydrogen-bond acceptors (Lipinski definition) is 3. The third kappa shape index (κ3) is 3.19. The van der Waals surface area contributed by atoms with Gasteiger partial charge in [-0.2, -0.15) is 0 Å². The van der Waals surface area contributed by atoms with Crippen LogP contribution in [0.3, 0.4) is 0 Å². The van der Waals surface area contributed by atoms with Crippen molar-refractivity contribution in [2.24, 2.45) is 11.7 Å². The summed E-state index contributed by atoms with van der Waals surface area (Å²) in [6, 6.07) is 0. The Kier molecular flexibility index (Phi) is 4.74. The van der Waals surface area contributed by atoms with Crippen LogP contribution in [0.2, 0.25) is 0 Å². The molecule has 0 saturated carbocycles. The molecule has 1 aliphatic heterocycles. The minimum Gasteiger partial charge on any atom is -0.381 e. The van der Waals surface area contributed by atoms with E-state index in [2.05, 4.69) is 20.8 Å². The van der Waals surface area contributed by atoms with Crippen molar-refractivity contribution in [1.29, 1.82) is 0 Å². The molecule has 1 fully saturated rings. The number of amides is 1. The second kappa shape index (κ2) is 5.64. The number of nitrogens with zero attached hydrogens (tertiary/aromatic N) is 1. The maximum Gasteiger partial charge on any atom is 0.225 e. The molecule has 0 bridgehead atoms. The Morgan fingerprint density at radius 3 is 2.56 bits per heavy atom. The van der Waals surface area contributed by atoms with Gasteiger partial charge in [0.25, 0.3) is 0 Å². The molecule has 0 unspecified atom stereocenters. The number of likely N-dealkylation sites (tertiary alicyclic amines) is 1. The lowest BCUT2D eigenvalue weighted by molar-refractivity contribution is -0.141. The Labute approximate surface area is 98.1 Å². The molecule has 0 radical (unpaired) electrons. The van der Waals surface area contributed by atoms with Crippen molar-refractivity contribution in [1.82, 2.24) is 4.90 Å². The molecule has 1 saturated heterocycles. The summed E-state index contributed by atoms with van der Waals surface area (Å²) >= 11 is 0. The van der Waals surface area contributed by atoms with Gasteiger partial charge in [0.15, 0.2) is 0 Å². The fourth-order valence-corrected chi connectivity index (χ4v) is 1.77. The fraction of sp³-hybridized carbons (Fsp3) is 0.917. The van der Waals surface area contributed by atoms with Crippen molar-refractivity contribution < 1.29 is 9.53 Å². The highest BCUT2D eigenvalue weighted by Gasteiger charge is 2.43. The molecule has 0 spiro atoms. The number of hydrogen-bond donors (Lipinski definition) is 1. The molecular formula is C12H24N2O2. The van der Waals surface area contributed by atoms with Crippen molar-refractivity contribution in [3.05, 3.63) is 0 Å². The summed E-state index contributed by atoms with van der Waals surface area (Å²) in [6.45, 7) is 8.91. The van der Waals surface area contributed by atoms with Gasteiger partial charge in [-0.3, -0.25) is 4.79 Å². The summed E-state index contributed by atoms with van der Waals surface area (Å²) in [4.78, 5) is 13.5. The minimum absolute atomic E-state index is 0.165. The Morgan fingerprint density at radius 1 is 1.44 bits per heavy atom. The topological polar surface area (TPSA) is 55.6 Å². The lowest BCUT2D eigenvalue weighted by Crippen LogP contribution is -2.71. The number of nitrogens with two attached hydrogens (primary N) is 1. The zero-order valence-corrected chi connectivity index (χ0v) is 10.7. The second-order valence-electron chi connectivity index (χ2n) is 5.00. The van der Waals surface area contributed by atoms with Crippen LogP contribution in [0.1, 0.15) is 33.6 Å². The van der Waals surface area contributed by atoms with E-state index >= 15 is 0 Å². The first-order valence-corrected chi connectivity index (χ1v) is 6.14. The summed E-state index contributed by atoms with van der Waals surface area (Å²) in [5.41, 5.74) is 5.96. The molecular weight excluding hydrogens is 204 g/mol. The van der Waals surface area contributed by atoms with Crippen molar-refractivity contribution in [2.45, 2.75) is 39.2 Å². The third-order valence-electron chi connectivity index (χ3n) is 3.28. The standard InChI is InChI=1S/C12H24N2O2/c1-4-6-16-7-5-11(15)14-8-12(13,9-14)10(2)3/h10H,4-9,13H2,1-3H3. The molecule has 16 heavy (non-hydrogen) atoms. The lowest BCUT2D eigenvalue weighted by Gasteiger charge is -2.50. The molecule has 0 aromatic carbocycles. The van der Waals surface area contributed by atoms with E-state index in [1.54, 1.807) is 0 Å². The molecule has 0 atom stereocenters. The molecule has 0 aromatic rings. The van der Waals surface area contributed by atoms with Crippen LogP contribution in [-0.4, -0.2) is 42.6 Å². The van der Waals surface area contributed by atoms with Crippen molar-refractivity contribution in [3.8, 4) is 0 Å². The van der Waals surface area contributed by atoms with E-state index in [9.17, 15) is 4.79 Å². The van der Waals surface area contributed by atoms with E-state index in [4.69, 9.17) is 10.5 Å². The van der Waals surface area contributed by atoms with Crippen LogP contribution in [0.25, 0.3) is 0 Å². The van der Waals surface area contributed by atoms with Gasteiger partial charge in [-0.15, -0.1) is 0 Å². The van der Waals surface area contributed by atoms with Gasteiger partial charge in [0.2, 0.25) is 5.91 Å². The monoisotopic (exact) mass is 228 g/mol. The average molecular weight is 228 g/mol. The predicted octanol–water partition coefficient (Wildman–Crippen LogP) is 0.999. The molecule has 1 rings (SSSR count). The molecule has 0 aliphatic carbocycles. The van der Waals surface area contributed by atoms with Crippen molar-refractivity contribution in [3.63, 3.8) is 0 Å². The van der Waals surface area contributed by atoms with E-state index < -0.39 is 0 Å². The molecule has 94 valence electrons. The van der Waals surface area contributed by atoms with E-state index in [-0.39, 0.29) is 11.4 Å². The van der Waals surface area contributed by atoms with Crippen molar-refractivity contribution in [2.75, 3.05) is 26.3 Å². The molecule has 4 nitrogen and oxygen atoms in total. The van der Waals surface area contributed by atoms with Crippen LogP contribution in [0.4, 0.5) is 0 Å². The van der Waals surface area contributed by atoms with Crippen LogP contribution in [-0.2, 0) is 9.53 Å². The summed E-state index contributed by atoms with van der Waals surface area (Å²) in [6.07, 6.45) is 1.48. The highest BCUT2D eigenvalue weighted by Crippen LogP contribution is 2.26. The number of rotatable bonds is 6. The van der Waals surface area contributed by atoms with Gasteiger partial charge in [-0.25, -0.2) is 0 Å². The number of carbonyl (C=O) groups excluding carboxylic acids is 1. The predicted molar refractivity (Wildman–Crippen MR) is 64.1 cm³/mol. The number of carbonyl (C=O) groups is 1. The quantitative estimate of drug-likeness (QED) is 0.690. The first-order chi connectivity index (χ1) is 7.49. The second-order valence-corrected chi connectivity index (χ2v) is 5.00.